The lowest BCUT2D eigenvalue weighted by molar-refractivity contribution is -0.116. The van der Waals surface area contributed by atoms with E-state index in [-0.39, 0.29) is 5.91 Å². The summed E-state index contributed by atoms with van der Waals surface area (Å²) in [5.74, 6) is 1.95. The van der Waals surface area contributed by atoms with E-state index in [9.17, 15) is 4.79 Å². The van der Waals surface area contributed by atoms with Gasteiger partial charge in [-0.25, -0.2) is 0 Å². The second-order valence-corrected chi connectivity index (χ2v) is 7.23. The van der Waals surface area contributed by atoms with Crippen molar-refractivity contribution in [3.63, 3.8) is 0 Å². The summed E-state index contributed by atoms with van der Waals surface area (Å²) in [5.41, 5.74) is 3.66. The van der Waals surface area contributed by atoms with Crippen molar-refractivity contribution in [3.05, 3.63) is 41.1 Å². The number of thioether (sulfide) groups is 1. The van der Waals surface area contributed by atoms with Gasteiger partial charge in [0.2, 0.25) is 5.91 Å². The molecule has 2 aromatic rings. The van der Waals surface area contributed by atoms with E-state index in [0.29, 0.717) is 6.42 Å². The highest BCUT2D eigenvalue weighted by atomic mass is 32.2. The Morgan fingerprint density at radius 1 is 1.30 bits per heavy atom. The first-order valence-electron chi connectivity index (χ1n) is 8.17. The lowest BCUT2D eigenvalue weighted by Crippen LogP contribution is -2.15. The summed E-state index contributed by atoms with van der Waals surface area (Å²) >= 11 is 1.80. The SMILES string of the molecule is Cc1ccc(SCCCC(=O)Nc2c3c(nn2C)CCC3)cc1. The third-order valence-corrected chi connectivity index (χ3v) is 5.26. The molecule has 0 aliphatic heterocycles. The molecule has 0 fully saturated rings. The van der Waals surface area contributed by atoms with E-state index >= 15 is 0 Å². The molecule has 1 aromatic heterocycles. The Morgan fingerprint density at radius 3 is 2.87 bits per heavy atom. The molecule has 1 aliphatic carbocycles. The van der Waals surface area contributed by atoms with Crippen molar-refractivity contribution < 1.29 is 4.79 Å². The van der Waals surface area contributed by atoms with E-state index in [1.165, 1.54) is 16.0 Å². The number of hydrogen-bond donors (Lipinski definition) is 1. The Bertz CT molecular complexity index is 691. The van der Waals surface area contributed by atoms with Crippen molar-refractivity contribution in [1.82, 2.24) is 9.78 Å². The molecule has 0 bridgehead atoms. The summed E-state index contributed by atoms with van der Waals surface area (Å²) in [6, 6.07) is 8.52. The van der Waals surface area contributed by atoms with Crippen LogP contribution in [0.4, 0.5) is 5.82 Å². The first-order valence-corrected chi connectivity index (χ1v) is 9.16. The molecule has 1 amide bonds. The molecule has 1 heterocycles. The molecule has 0 saturated heterocycles. The average Bonchev–Trinajstić information content (AvgIpc) is 3.08. The second-order valence-electron chi connectivity index (χ2n) is 6.06. The molecule has 5 heteroatoms. The van der Waals surface area contributed by atoms with Crippen LogP contribution in [-0.4, -0.2) is 21.4 Å². The molecule has 122 valence electrons. The van der Waals surface area contributed by atoms with Gasteiger partial charge in [-0.1, -0.05) is 17.7 Å². The highest BCUT2D eigenvalue weighted by Gasteiger charge is 2.21. The van der Waals surface area contributed by atoms with Crippen LogP contribution in [-0.2, 0) is 24.7 Å². The van der Waals surface area contributed by atoms with Crippen LogP contribution in [0.5, 0.6) is 0 Å². The van der Waals surface area contributed by atoms with Crippen LogP contribution in [0.25, 0.3) is 0 Å². The van der Waals surface area contributed by atoms with E-state index in [1.807, 2.05) is 11.7 Å². The summed E-state index contributed by atoms with van der Waals surface area (Å²) in [6.45, 7) is 2.09. The number of hydrogen-bond acceptors (Lipinski definition) is 3. The molecule has 0 atom stereocenters. The van der Waals surface area contributed by atoms with Gasteiger partial charge in [0.05, 0.1) is 5.69 Å². The zero-order valence-electron chi connectivity index (χ0n) is 13.8. The fraction of sp³-hybridized carbons (Fsp3) is 0.444. The van der Waals surface area contributed by atoms with E-state index in [2.05, 4.69) is 41.6 Å². The second kappa shape index (κ2) is 7.21. The van der Waals surface area contributed by atoms with Gasteiger partial charge in [0.15, 0.2) is 0 Å². The first-order chi connectivity index (χ1) is 11.1. The Balaban J connectivity index is 1.44. The fourth-order valence-corrected chi connectivity index (χ4v) is 3.78. The van der Waals surface area contributed by atoms with E-state index in [0.717, 1.165) is 42.9 Å². The number of nitrogens with one attached hydrogen (secondary N) is 1. The predicted molar refractivity (Wildman–Crippen MR) is 95.0 cm³/mol. The topological polar surface area (TPSA) is 46.9 Å². The molecule has 0 radical (unpaired) electrons. The van der Waals surface area contributed by atoms with Gasteiger partial charge in [-0.2, -0.15) is 5.10 Å². The molecule has 0 saturated carbocycles. The maximum absolute atomic E-state index is 12.2. The highest BCUT2D eigenvalue weighted by Crippen LogP contribution is 2.28. The third-order valence-electron chi connectivity index (χ3n) is 4.16. The van der Waals surface area contributed by atoms with Crippen LogP contribution in [0.2, 0.25) is 0 Å². The normalized spacial score (nSPS) is 13.1. The quantitative estimate of drug-likeness (QED) is 0.649. The van der Waals surface area contributed by atoms with Gasteiger partial charge in [-0.15, -0.1) is 11.8 Å². The molecule has 1 aliphatic rings. The molecular formula is C18H23N3OS. The number of aryl methyl sites for hydroxylation is 3. The average molecular weight is 329 g/mol. The Hall–Kier alpha value is -1.75. The standard InChI is InChI=1S/C18H23N3OS/c1-13-8-10-14(11-9-13)23-12-4-7-17(22)19-18-15-5-3-6-16(15)20-21(18)2/h8-11H,3-7,12H2,1-2H3,(H,19,22). The van der Waals surface area contributed by atoms with Crippen molar-refractivity contribution >= 4 is 23.5 Å². The van der Waals surface area contributed by atoms with Crippen molar-refractivity contribution in [1.29, 1.82) is 0 Å². The summed E-state index contributed by atoms with van der Waals surface area (Å²) in [4.78, 5) is 13.4. The molecule has 0 spiro atoms. The van der Waals surface area contributed by atoms with E-state index in [4.69, 9.17) is 0 Å². The van der Waals surface area contributed by atoms with Gasteiger partial charge in [0.1, 0.15) is 5.82 Å². The Kier molecular flexibility index (Phi) is 5.06. The van der Waals surface area contributed by atoms with Gasteiger partial charge >= 0.3 is 0 Å². The minimum Gasteiger partial charge on any atom is -0.311 e. The number of rotatable bonds is 6. The number of anilines is 1. The third kappa shape index (κ3) is 3.96. The molecule has 4 nitrogen and oxygen atoms in total. The minimum absolute atomic E-state index is 0.0900. The smallest absolute Gasteiger partial charge is 0.225 e. The molecule has 1 N–H and O–H groups in total. The zero-order valence-corrected chi connectivity index (χ0v) is 14.6. The van der Waals surface area contributed by atoms with Crippen molar-refractivity contribution in [2.75, 3.05) is 11.1 Å². The number of amides is 1. The monoisotopic (exact) mass is 329 g/mol. The van der Waals surface area contributed by atoms with Crippen LogP contribution in [0.15, 0.2) is 29.2 Å². The van der Waals surface area contributed by atoms with Gasteiger partial charge < -0.3 is 5.32 Å². The Morgan fingerprint density at radius 2 is 2.09 bits per heavy atom. The molecule has 23 heavy (non-hydrogen) atoms. The zero-order chi connectivity index (χ0) is 16.2. The van der Waals surface area contributed by atoms with Crippen molar-refractivity contribution in [2.24, 2.45) is 7.05 Å². The van der Waals surface area contributed by atoms with Crippen LogP contribution in [0.1, 0.15) is 36.1 Å². The highest BCUT2D eigenvalue weighted by molar-refractivity contribution is 7.99. The first kappa shape index (κ1) is 16.1. The summed E-state index contributed by atoms with van der Waals surface area (Å²) in [6.07, 6.45) is 4.64. The van der Waals surface area contributed by atoms with Gasteiger partial charge in [-0.3, -0.25) is 9.48 Å². The summed E-state index contributed by atoms with van der Waals surface area (Å²) in [7, 11) is 1.90. The van der Waals surface area contributed by atoms with Crippen molar-refractivity contribution in [3.8, 4) is 0 Å². The van der Waals surface area contributed by atoms with E-state index in [1.54, 1.807) is 11.8 Å². The number of nitrogens with zero attached hydrogens (tertiary/aromatic N) is 2. The summed E-state index contributed by atoms with van der Waals surface area (Å²) in [5, 5.41) is 7.53. The number of carbonyl (C=O) groups is 1. The van der Waals surface area contributed by atoms with E-state index < -0.39 is 0 Å². The number of aromatic nitrogens is 2. The minimum atomic E-state index is 0.0900. The maximum Gasteiger partial charge on any atom is 0.225 e. The molecule has 1 aromatic carbocycles. The Labute approximate surface area is 141 Å². The van der Waals surface area contributed by atoms with Gasteiger partial charge in [0, 0.05) is 23.9 Å². The lowest BCUT2D eigenvalue weighted by Gasteiger charge is -2.07. The predicted octanol–water partition coefficient (Wildman–Crippen LogP) is 3.73. The van der Waals surface area contributed by atoms with Crippen LogP contribution in [0.3, 0.4) is 0 Å². The molecular weight excluding hydrogens is 306 g/mol. The number of benzene rings is 1. The van der Waals surface area contributed by atoms with Crippen molar-refractivity contribution in [2.45, 2.75) is 43.9 Å². The number of carbonyl (C=O) groups excluding carboxylic acids is 1. The van der Waals surface area contributed by atoms with Crippen LogP contribution >= 0.6 is 11.8 Å². The largest absolute Gasteiger partial charge is 0.311 e. The molecule has 3 rings (SSSR count). The number of fused-ring (bicyclic) bond motifs is 1. The lowest BCUT2D eigenvalue weighted by atomic mass is 10.2. The summed E-state index contributed by atoms with van der Waals surface area (Å²) < 4.78 is 1.81. The fourth-order valence-electron chi connectivity index (χ4n) is 2.93. The molecule has 0 unspecified atom stereocenters. The maximum atomic E-state index is 12.2. The van der Waals surface area contributed by atoms with Crippen LogP contribution < -0.4 is 5.32 Å². The van der Waals surface area contributed by atoms with Gasteiger partial charge in [-0.05, 0) is 50.5 Å². The van der Waals surface area contributed by atoms with Gasteiger partial charge in [0.25, 0.3) is 0 Å². The van der Waals surface area contributed by atoms with Crippen LogP contribution in [0, 0.1) is 6.92 Å².